The SMILES string of the molecule is CC1=C(/C(CNC(=O)Nc2sc3c(c2C)CCCC3)=C(\C)c2ccccc2)CCNC1. The number of allylic oxidation sites excluding steroid dienone is 1. The number of thiophene rings is 1. The van der Waals surface area contributed by atoms with Crippen LogP contribution in [-0.2, 0) is 12.8 Å². The fourth-order valence-corrected chi connectivity index (χ4v) is 6.00. The maximum atomic E-state index is 12.8. The smallest absolute Gasteiger partial charge is 0.320 e. The van der Waals surface area contributed by atoms with E-state index in [0.29, 0.717) is 6.54 Å². The Hall–Kier alpha value is -2.37. The molecule has 2 amide bonds. The summed E-state index contributed by atoms with van der Waals surface area (Å²) in [7, 11) is 0. The Labute approximate surface area is 189 Å². The van der Waals surface area contributed by atoms with E-state index in [-0.39, 0.29) is 6.03 Å². The number of benzene rings is 1. The molecule has 4 nitrogen and oxygen atoms in total. The number of aryl methyl sites for hydroxylation is 1. The maximum absolute atomic E-state index is 12.8. The molecule has 2 aromatic rings. The summed E-state index contributed by atoms with van der Waals surface area (Å²) in [6, 6.07) is 10.4. The molecule has 1 aromatic carbocycles. The molecule has 1 aromatic heterocycles. The lowest BCUT2D eigenvalue weighted by atomic mass is 9.89. The number of carbonyl (C=O) groups is 1. The van der Waals surface area contributed by atoms with E-state index in [9.17, 15) is 4.79 Å². The fourth-order valence-electron chi connectivity index (χ4n) is 4.70. The van der Waals surface area contributed by atoms with Gasteiger partial charge in [0.2, 0.25) is 0 Å². The number of amides is 2. The summed E-state index contributed by atoms with van der Waals surface area (Å²) < 4.78 is 0. The minimum Gasteiger partial charge on any atom is -0.334 e. The van der Waals surface area contributed by atoms with Crippen molar-refractivity contribution in [3.05, 3.63) is 68.6 Å². The van der Waals surface area contributed by atoms with Crippen molar-refractivity contribution in [3.63, 3.8) is 0 Å². The Kier molecular flexibility index (Phi) is 6.93. The summed E-state index contributed by atoms with van der Waals surface area (Å²) in [5.74, 6) is 0. The molecule has 4 rings (SSSR count). The number of rotatable bonds is 5. The van der Waals surface area contributed by atoms with Crippen molar-refractivity contribution in [1.82, 2.24) is 10.6 Å². The predicted octanol–water partition coefficient (Wildman–Crippen LogP) is 5.84. The van der Waals surface area contributed by atoms with Crippen LogP contribution in [0, 0.1) is 6.92 Å². The standard InChI is InChI=1S/C26H33N3OS/c1-17-15-27-14-13-21(17)23(18(2)20-9-5-4-6-10-20)16-28-26(30)29-25-19(3)22-11-7-8-12-24(22)31-25/h4-6,9-10,27H,7-8,11-16H2,1-3H3,(H2,28,29,30)/b23-18+. The normalized spacial score (nSPS) is 17.1. The molecular formula is C26H33N3OS. The van der Waals surface area contributed by atoms with Crippen molar-refractivity contribution in [2.24, 2.45) is 0 Å². The molecule has 1 aliphatic carbocycles. The number of carbonyl (C=O) groups excluding carboxylic acids is 1. The van der Waals surface area contributed by atoms with Crippen LogP contribution in [0.1, 0.15) is 54.7 Å². The van der Waals surface area contributed by atoms with Crippen LogP contribution in [0.2, 0.25) is 0 Å². The van der Waals surface area contributed by atoms with Gasteiger partial charge in [-0.25, -0.2) is 4.79 Å². The van der Waals surface area contributed by atoms with Crippen molar-refractivity contribution < 1.29 is 4.79 Å². The summed E-state index contributed by atoms with van der Waals surface area (Å²) in [5.41, 5.74) is 9.14. The molecular weight excluding hydrogens is 402 g/mol. The quantitative estimate of drug-likeness (QED) is 0.553. The van der Waals surface area contributed by atoms with E-state index in [1.165, 1.54) is 56.7 Å². The van der Waals surface area contributed by atoms with Crippen molar-refractivity contribution in [2.75, 3.05) is 25.0 Å². The number of anilines is 1. The van der Waals surface area contributed by atoms with Crippen LogP contribution in [0.25, 0.3) is 5.57 Å². The third-order valence-electron chi connectivity index (χ3n) is 6.57. The lowest BCUT2D eigenvalue weighted by molar-refractivity contribution is 0.253. The van der Waals surface area contributed by atoms with E-state index in [1.807, 2.05) is 6.07 Å². The summed E-state index contributed by atoms with van der Waals surface area (Å²) in [6.45, 7) is 8.93. The van der Waals surface area contributed by atoms with Crippen LogP contribution in [-0.4, -0.2) is 25.7 Å². The van der Waals surface area contributed by atoms with Gasteiger partial charge in [0, 0.05) is 18.0 Å². The van der Waals surface area contributed by atoms with Crippen LogP contribution < -0.4 is 16.0 Å². The van der Waals surface area contributed by atoms with E-state index < -0.39 is 0 Å². The molecule has 0 spiro atoms. The molecule has 2 aliphatic rings. The van der Waals surface area contributed by atoms with Gasteiger partial charge >= 0.3 is 6.03 Å². The second-order valence-corrected chi connectivity index (χ2v) is 9.73. The van der Waals surface area contributed by atoms with Gasteiger partial charge in [0.05, 0.1) is 5.00 Å². The van der Waals surface area contributed by atoms with Crippen LogP contribution in [0.15, 0.2) is 47.1 Å². The first kappa shape index (κ1) is 21.8. The van der Waals surface area contributed by atoms with Gasteiger partial charge in [-0.2, -0.15) is 0 Å². The van der Waals surface area contributed by atoms with Gasteiger partial charge in [-0.3, -0.25) is 5.32 Å². The highest BCUT2D eigenvalue weighted by Gasteiger charge is 2.20. The van der Waals surface area contributed by atoms with Gasteiger partial charge in [-0.1, -0.05) is 35.9 Å². The van der Waals surface area contributed by atoms with Crippen molar-refractivity contribution >= 4 is 27.9 Å². The number of nitrogens with one attached hydrogen (secondary N) is 3. The fraction of sp³-hybridized carbons (Fsp3) is 0.423. The minimum absolute atomic E-state index is 0.118. The molecule has 3 N–H and O–H groups in total. The maximum Gasteiger partial charge on any atom is 0.320 e. The number of hydrogen-bond donors (Lipinski definition) is 3. The highest BCUT2D eigenvalue weighted by atomic mass is 32.1. The van der Waals surface area contributed by atoms with Gasteiger partial charge in [0.25, 0.3) is 0 Å². The van der Waals surface area contributed by atoms with Crippen LogP contribution >= 0.6 is 11.3 Å². The Balaban J connectivity index is 1.53. The lowest BCUT2D eigenvalue weighted by Crippen LogP contribution is -2.32. The molecule has 0 saturated heterocycles. The van der Waals surface area contributed by atoms with E-state index in [2.05, 4.69) is 61.0 Å². The predicted molar refractivity (Wildman–Crippen MR) is 132 cm³/mol. The van der Waals surface area contributed by atoms with Crippen LogP contribution in [0.3, 0.4) is 0 Å². The van der Waals surface area contributed by atoms with E-state index in [4.69, 9.17) is 0 Å². The van der Waals surface area contributed by atoms with Gasteiger partial charge in [-0.15, -0.1) is 11.3 Å². The Bertz CT molecular complexity index is 1020. The largest absolute Gasteiger partial charge is 0.334 e. The zero-order chi connectivity index (χ0) is 21.8. The summed E-state index contributed by atoms with van der Waals surface area (Å²) in [4.78, 5) is 14.3. The molecule has 0 fully saturated rings. The van der Waals surface area contributed by atoms with Crippen LogP contribution in [0.5, 0.6) is 0 Å². The molecule has 0 saturated carbocycles. The lowest BCUT2D eigenvalue weighted by Gasteiger charge is -2.24. The zero-order valence-corrected chi connectivity index (χ0v) is 19.7. The van der Waals surface area contributed by atoms with Crippen molar-refractivity contribution in [3.8, 4) is 0 Å². The van der Waals surface area contributed by atoms with Gasteiger partial charge < -0.3 is 10.6 Å². The molecule has 164 valence electrons. The van der Waals surface area contributed by atoms with Gasteiger partial charge in [0.1, 0.15) is 0 Å². The Morgan fingerprint density at radius 1 is 1.10 bits per heavy atom. The van der Waals surface area contributed by atoms with Gasteiger partial charge in [0.15, 0.2) is 0 Å². The summed E-state index contributed by atoms with van der Waals surface area (Å²) >= 11 is 1.75. The molecule has 0 atom stereocenters. The topological polar surface area (TPSA) is 53.2 Å². The first-order chi connectivity index (χ1) is 15.0. The average molecular weight is 436 g/mol. The Morgan fingerprint density at radius 2 is 1.87 bits per heavy atom. The highest BCUT2D eigenvalue weighted by molar-refractivity contribution is 7.16. The van der Waals surface area contributed by atoms with Crippen LogP contribution in [0.4, 0.5) is 9.80 Å². The van der Waals surface area contributed by atoms with E-state index in [0.717, 1.165) is 37.4 Å². The van der Waals surface area contributed by atoms with Crippen molar-refractivity contribution in [2.45, 2.75) is 52.9 Å². The second-order valence-electron chi connectivity index (χ2n) is 8.63. The molecule has 31 heavy (non-hydrogen) atoms. The Morgan fingerprint density at radius 3 is 2.61 bits per heavy atom. The average Bonchev–Trinajstić information content (AvgIpc) is 3.10. The minimum atomic E-state index is -0.118. The van der Waals surface area contributed by atoms with Gasteiger partial charge in [-0.05, 0) is 92.8 Å². The van der Waals surface area contributed by atoms with Crippen molar-refractivity contribution in [1.29, 1.82) is 0 Å². The molecule has 1 aliphatic heterocycles. The summed E-state index contributed by atoms with van der Waals surface area (Å²) in [5, 5.41) is 10.7. The second kappa shape index (κ2) is 9.84. The van der Waals surface area contributed by atoms with E-state index >= 15 is 0 Å². The first-order valence-corrected chi connectivity index (χ1v) is 12.2. The summed E-state index contributed by atoms with van der Waals surface area (Å²) in [6.07, 6.45) is 5.80. The number of urea groups is 1. The number of hydrogen-bond acceptors (Lipinski definition) is 3. The highest BCUT2D eigenvalue weighted by Crippen LogP contribution is 2.37. The third kappa shape index (κ3) is 4.94. The molecule has 5 heteroatoms. The molecule has 0 radical (unpaired) electrons. The molecule has 0 bridgehead atoms. The first-order valence-electron chi connectivity index (χ1n) is 11.4. The number of fused-ring (bicyclic) bond motifs is 1. The molecule has 0 unspecified atom stereocenters. The zero-order valence-electron chi connectivity index (χ0n) is 18.9. The third-order valence-corrected chi connectivity index (χ3v) is 7.88. The van der Waals surface area contributed by atoms with E-state index in [1.54, 1.807) is 11.3 Å². The monoisotopic (exact) mass is 435 g/mol. The molecule has 2 heterocycles.